The number of amides is 2. The quantitative estimate of drug-likeness (QED) is 0.372. The van der Waals surface area contributed by atoms with Gasteiger partial charge in [0.2, 0.25) is 0 Å². The molecule has 1 saturated heterocycles. The van der Waals surface area contributed by atoms with Crippen molar-refractivity contribution in [3.05, 3.63) is 71.3 Å². The van der Waals surface area contributed by atoms with Crippen molar-refractivity contribution in [3.8, 4) is 11.5 Å². The zero-order valence-corrected chi connectivity index (χ0v) is 23.2. The lowest BCUT2D eigenvalue weighted by Gasteiger charge is -2.38. The first-order chi connectivity index (χ1) is 18.8. The number of ether oxygens (including phenoxy) is 3. The van der Waals surface area contributed by atoms with E-state index in [1.807, 2.05) is 6.07 Å². The summed E-state index contributed by atoms with van der Waals surface area (Å²) >= 11 is 0. The van der Waals surface area contributed by atoms with E-state index < -0.39 is 12.0 Å². The normalized spacial score (nSPS) is 13.1. The number of piperazine rings is 1. The molecule has 2 N–H and O–H groups in total. The molecule has 39 heavy (non-hydrogen) atoms. The zero-order chi connectivity index (χ0) is 27.9. The van der Waals surface area contributed by atoms with Crippen LogP contribution in [-0.4, -0.2) is 59.0 Å². The predicted molar refractivity (Wildman–Crippen MR) is 155 cm³/mol. The number of carbonyl (C=O) groups excluding carboxylic acids is 2. The van der Waals surface area contributed by atoms with Crippen molar-refractivity contribution < 1.29 is 23.8 Å². The Kier molecular flexibility index (Phi) is 8.81. The van der Waals surface area contributed by atoms with Crippen molar-refractivity contribution in [2.45, 2.75) is 20.8 Å². The van der Waals surface area contributed by atoms with E-state index in [4.69, 9.17) is 14.2 Å². The van der Waals surface area contributed by atoms with Gasteiger partial charge < -0.3 is 34.6 Å². The van der Waals surface area contributed by atoms with Gasteiger partial charge in [0, 0.05) is 37.9 Å². The molecule has 0 radical (unpaired) electrons. The van der Waals surface area contributed by atoms with Gasteiger partial charge in [-0.25, -0.2) is 9.59 Å². The van der Waals surface area contributed by atoms with Gasteiger partial charge in [-0.1, -0.05) is 12.1 Å². The molecule has 0 bridgehead atoms. The second-order valence-electron chi connectivity index (χ2n) is 9.36. The van der Waals surface area contributed by atoms with Gasteiger partial charge in [-0.3, -0.25) is 0 Å². The highest BCUT2D eigenvalue weighted by Gasteiger charge is 2.23. The number of nitrogens with one attached hydrogen (secondary N) is 2. The molecule has 9 nitrogen and oxygen atoms in total. The molecule has 3 aromatic rings. The smallest absolute Gasteiger partial charge is 0.338 e. The fraction of sp³-hybridized carbons (Fsp3) is 0.333. The number of aryl methyl sites for hydroxylation is 2. The summed E-state index contributed by atoms with van der Waals surface area (Å²) in [6, 6.07) is 16.4. The van der Waals surface area contributed by atoms with Crippen LogP contribution in [0.3, 0.4) is 0 Å². The number of hydrogen-bond acceptors (Lipinski definition) is 7. The van der Waals surface area contributed by atoms with Gasteiger partial charge in [0.05, 0.1) is 43.5 Å². The number of nitrogens with zero attached hydrogens (tertiary/aromatic N) is 2. The minimum atomic E-state index is -0.463. The predicted octanol–water partition coefficient (Wildman–Crippen LogP) is 5.47. The highest BCUT2D eigenvalue weighted by Crippen LogP contribution is 2.32. The molecule has 0 saturated carbocycles. The Balaban J connectivity index is 1.55. The van der Waals surface area contributed by atoms with Gasteiger partial charge in [0.1, 0.15) is 11.5 Å². The van der Waals surface area contributed by atoms with E-state index in [2.05, 4.69) is 52.5 Å². The molecule has 9 heteroatoms. The van der Waals surface area contributed by atoms with Gasteiger partial charge in [0.25, 0.3) is 0 Å². The first-order valence-electron chi connectivity index (χ1n) is 13.0. The minimum absolute atomic E-state index is 0.265. The second kappa shape index (κ2) is 12.4. The first kappa shape index (κ1) is 27.6. The van der Waals surface area contributed by atoms with Crippen LogP contribution in [-0.2, 0) is 4.74 Å². The Hall–Kier alpha value is -4.40. The molecule has 0 spiro atoms. The van der Waals surface area contributed by atoms with Crippen molar-refractivity contribution in [1.29, 1.82) is 0 Å². The molecule has 4 rings (SSSR count). The number of rotatable bonds is 8. The fourth-order valence-electron chi connectivity index (χ4n) is 4.68. The summed E-state index contributed by atoms with van der Waals surface area (Å²) < 4.78 is 15.8. The Morgan fingerprint density at radius 3 is 2.15 bits per heavy atom. The summed E-state index contributed by atoms with van der Waals surface area (Å²) in [5.74, 6) is 0.638. The summed E-state index contributed by atoms with van der Waals surface area (Å²) in [5, 5.41) is 5.76. The van der Waals surface area contributed by atoms with Crippen LogP contribution in [0.25, 0.3) is 0 Å². The van der Waals surface area contributed by atoms with E-state index in [9.17, 15) is 9.59 Å². The summed E-state index contributed by atoms with van der Waals surface area (Å²) in [4.78, 5) is 30.2. The minimum Gasteiger partial charge on any atom is -0.497 e. The lowest BCUT2D eigenvalue weighted by atomic mass is 10.1. The molecule has 1 aliphatic rings. The van der Waals surface area contributed by atoms with Gasteiger partial charge in [0.15, 0.2) is 0 Å². The fourth-order valence-corrected chi connectivity index (χ4v) is 4.68. The maximum Gasteiger partial charge on any atom is 0.338 e. The van der Waals surface area contributed by atoms with Crippen LogP contribution in [0, 0.1) is 13.8 Å². The third-order valence-electron chi connectivity index (χ3n) is 6.74. The largest absolute Gasteiger partial charge is 0.497 e. The first-order valence-corrected chi connectivity index (χ1v) is 13.0. The summed E-state index contributed by atoms with van der Waals surface area (Å²) in [5.41, 5.74) is 5.94. The molecule has 2 amide bonds. The highest BCUT2D eigenvalue weighted by molar-refractivity contribution is 6.04. The van der Waals surface area contributed by atoms with Crippen LogP contribution in [0.2, 0.25) is 0 Å². The molecule has 0 atom stereocenters. The molecule has 1 fully saturated rings. The number of esters is 1. The number of carbonyl (C=O) groups is 2. The van der Waals surface area contributed by atoms with Gasteiger partial charge in [-0.05, 0) is 68.3 Å². The van der Waals surface area contributed by atoms with Crippen LogP contribution in [0.5, 0.6) is 11.5 Å². The van der Waals surface area contributed by atoms with Crippen LogP contribution in [0.15, 0.2) is 54.6 Å². The molecule has 0 aromatic heterocycles. The number of methoxy groups -OCH3 is 2. The maximum atomic E-state index is 13.1. The highest BCUT2D eigenvalue weighted by atomic mass is 16.5. The average molecular weight is 533 g/mol. The van der Waals surface area contributed by atoms with E-state index in [-0.39, 0.29) is 6.61 Å². The summed E-state index contributed by atoms with van der Waals surface area (Å²) in [6.07, 6.45) is 0. The maximum absolute atomic E-state index is 13.1. The van der Waals surface area contributed by atoms with Gasteiger partial charge >= 0.3 is 12.0 Å². The van der Waals surface area contributed by atoms with E-state index in [1.54, 1.807) is 44.4 Å². The summed E-state index contributed by atoms with van der Waals surface area (Å²) in [6.45, 7) is 9.45. The molecule has 3 aromatic carbocycles. The van der Waals surface area contributed by atoms with Crippen LogP contribution < -0.4 is 29.9 Å². The average Bonchev–Trinajstić information content (AvgIpc) is 2.94. The summed E-state index contributed by atoms with van der Waals surface area (Å²) in [7, 11) is 3.09. The van der Waals surface area contributed by atoms with E-state index in [1.165, 1.54) is 23.9 Å². The molecular weight excluding hydrogens is 496 g/mol. The molecule has 1 heterocycles. The number of hydrogen-bond donors (Lipinski definition) is 2. The molecule has 1 aliphatic heterocycles. The van der Waals surface area contributed by atoms with Crippen molar-refractivity contribution in [2.75, 3.05) is 67.4 Å². The van der Waals surface area contributed by atoms with Crippen molar-refractivity contribution in [3.63, 3.8) is 0 Å². The lowest BCUT2D eigenvalue weighted by molar-refractivity contribution is 0.0526. The molecule has 206 valence electrons. The monoisotopic (exact) mass is 532 g/mol. The van der Waals surface area contributed by atoms with Crippen molar-refractivity contribution in [2.24, 2.45) is 0 Å². The van der Waals surface area contributed by atoms with E-state index in [0.717, 1.165) is 31.9 Å². The van der Waals surface area contributed by atoms with Gasteiger partial charge in [-0.2, -0.15) is 0 Å². The Labute approximate surface area is 229 Å². The lowest BCUT2D eigenvalue weighted by Crippen LogP contribution is -2.47. The standard InChI is InChI=1S/C30H36N4O5/c1-6-39-29(35)22-9-12-26(33-13-15-34(16-14-33)27-17-20(2)7-8-21(27)3)25(18-22)32-30(36)31-24-11-10-23(37-4)19-28(24)38-5/h7-12,17-19H,6,13-16H2,1-5H3,(H2,31,32,36). The topological polar surface area (TPSA) is 92.4 Å². The van der Waals surface area contributed by atoms with Crippen LogP contribution in [0.4, 0.5) is 27.5 Å². The zero-order valence-electron chi connectivity index (χ0n) is 23.2. The Morgan fingerprint density at radius 2 is 1.49 bits per heavy atom. The van der Waals surface area contributed by atoms with Gasteiger partial charge in [-0.15, -0.1) is 0 Å². The molecule has 0 unspecified atom stereocenters. The third kappa shape index (κ3) is 6.54. The van der Waals surface area contributed by atoms with Crippen LogP contribution in [0.1, 0.15) is 28.4 Å². The Morgan fingerprint density at radius 1 is 0.795 bits per heavy atom. The Bertz CT molecular complexity index is 1330. The van der Waals surface area contributed by atoms with E-state index in [0.29, 0.717) is 28.4 Å². The van der Waals surface area contributed by atoms with Crippen molar-refractivity contribution in [1.82, 2.24) is 0 Å². The second-order valence-corrected chi connectivity index (χ2v) is 9.36. The third-order valence-corrected chi connectivity index (χ3v) is 6.74. The van der Waals surface area contributed by atoms with Crippen LogP contribution >= 0.6 is 0 Å². The number of benzene rings is 3. The molecule has 0 aliphatic carbocycles. The van der Waals surface area contributed by atoms with Crippen molar-refractivity contribution >= 4 is 34.7 Å². The molecular formula is C30H36N4O5. The number of anilines is 4. The SMILES string of the molecule is CCOC(=O)c1ccc(N2CCN(c3cc(C)ccc3C)CC2)c(NC(=O)Nc2ccc(OC)cc2OC)c1. The number of urea groups is 1. The van der Waals surface area contributed by atoms with E-state index >= 15 is 0 Å².